The molecular formula is C14H17FN2. The van der Waals surface area contributed by atoms with Crippen LogP contribution in [-0.2, 0) is 6.42 Å². The van der Waals surface area contributed by atoms with Crippen LogP contribution in [0.3, 0.4) is 0 Å². The number of nitrogens with zero attached hydrogens (tertiary/aromatic N) is 1. The molecule has 0 amide bonds. The van der Waals surface area contributed by atoms with Crippen LogP contribution in [0.4, 0.5) is 4.39 Å². The Bertz CT molecular complexity index is 510. The van der Waals surface area contributed by atoms with E-state index < -0.39 is 0 Å². The molecule has 2 nitrogen and oxygen atoms in total. The van der Waals surface area contributed by atoms with Gasteiger partial charge in [0.2, 0.25) is 0 Å². The predicted octanol–water partition coefficient (Wildman–Crippen LogP) is 2.73. The summed E-state index contributed by atoms with van der Waals surface area (Å²) in [5, 5.41) is 0. The van der Waals surface area contributed by atoms with E-state index in [0.717, 1.165) is 22.6 Å². The van der Waals surface area contributed by atoms with Crippen LogP contribution in [0.5, 0.6) is 0 Å². The number of halogens is 1. The lowest BCUT2D eigenvalue weighted by Gasteiger charge is -2.14. The molecule has 0 aliphatic heterocycles. The van der Waals surface area contributed by atoms with Gasteiger partial charge in [-0.25, -0.2) is 4.39 Å². The van der Waals surface area contributed by atoms with E-state index in [4.69, 9.17) is 5.73 Å². The molecule has 1 aromatic heterocycles. The monoisotopic (exact) mass is 232 g/mol. The molecule has 0 fully saturated rings. The highest BCUT2D eigenvalue weighted by atomic mass is 19.1. The largest absolute Gasteiger partial charge is 0.330 e. The molecule has 0 saturated carbocycles. The second-order valence-corrected chi connectivity index (χ2v) is 4.26. The number of benzene rings is 1. The van der Waals surface area contributed by atoms with Gasteiger partial charge in [0, 0.05) is 17.1 Å². The zero-order chi connectivity index (χ0) is 12.4. The summed E-state index contributed by atoms with van der Waals surface area (Å²) in [6, 6.07) is 9.01. The Kier molecular flexibility index (Phi) is 3.29. The van der Waals surface area contributed by atoms with Gasteiger partial charge in [-0.05, 0) is 62.7 Å². The molecule has 90 valence electrons. The molecule has 0 aliphatic rings. The van der Waals surface area contributed by atoms with Crippen molar-refractivity contribution < 1.29 is 4.39 Å². The molecule has 0 aliphatic carbocycles. The van der Waals surface area contributed by atoms with Crippen LogP contribution < -0.4 is 5.73 Å². The zero-order valence-electron chi connectivity index (χ0n) is 10.2. The van der Waals surface area contributed by atoms with E-state index in [0.29, 0.717) is 13.0 Å². The first kappa shape index (κ1) is 11.9. The molecule has 1 heterocycles. The average molecular weight is 232 g/mol. The first-order valence-corrected chi connectivity index (χ1v) is 5.77. The smallest absolute Gasteiger partial charge is 0.123 e. The molecule has 2 rings (SSSR count). The summed E-state index contributed by atoms with van der Waals surface area (Å²) < 4.78 is 15.4. The minimum absolute atomic E-state index is 0.209. The quantitative estimate of drug-likeness (QED) is 0.866. The number of nitrogens with two attached hydrogens (primary N) is 1. The molecule has 0 bridgehead atoms. The molecule has 0 atom stereocenters. The Hall–Kier alpha value is -1.61. The van der Waals surface area contributed by atoms with Gasteiger partial charge < -0.3 is 10.3 Å². The topological polar surface area (TPSA) is 30.9 Å². The van der Waals surface area contributed by atoms with Crippen LogP contribution in [0.1, 0.15) is 17.0 Å². The van der Waals surface area contributed by atoms with Crippen molar-refractivity contribution in [1.82, 2.24) is 4.57 Å². The van der Waals surface area contributed by atoms with Gasteiger partial charge in [-0.15, -0.1) is 0 Å². The predicted molar refractivity (Wildman–Crippen MR) is 68.0 cm³/mol. The Morgan fingerprint density at radius 3 is 2.35 bits per heavy atom. The molecular weight excluding hydrogens is 215 g/mol. The normalized spacial score (nSPS) is 10.8. The summed E-state index contributed by atoms with van der Waals surface area (Å²) in [6.07, 6.45) is 0.685. The van der Waals surface area contributed by atoms with Gasteiger partial charge in [-0.2, -0.15) is 0 Å². The van der Waals surface area contributed by atoms with Crippen molar-refractivity contribution in [3.05, 3.63) is 53.1 Å². The van der Waals surface area contributed by atoms with Crippen molar-refractivity contribution >= 4 is 0 Å². The van der Waals surface area contributed by atoms with Crippen molar-refractivity contribution in [3.63, 3.8) is 0 Å². The van der Waals surface area contributed by atoms with Gasteiger partial charge in [0.1, 0.15) is 5.82 Å². The molecule has 17 heavy (non-hydrogen) atoms. The average Bonchev–Trinajstić information content (AvgIpc) is 2.61. The summed E-state index contributed by atoms with van der Waals surface area (Å²) in [4.78, 5) is 0. The molecule has 1 aromatic carbocycles. The lowest BCUT2D eigenvalue weighted by atomic mass is 10.1. The van der Waals surface area contributed by atoms with E-state index in [-0.39, 0.29) is 5.82 Å². The number of aromatic nitrogens is 1. The van der Waals surface area contributed by atoms with Crippen LogP contribution in [-0.4, -0.2) is 11.1 Å². The summed E-state index contributed by atoms with van der Waals surface area (Å²) in [5.41, 5.74) is 9.85. The van der Waals surface area contributed by atoms with Crippen LogP contribution in [0.15, 0.2) is 30.3 Å². The molecule has 0 radical (unpaired) electrons. The molecule has 2 aromatic rings. The second kappa shape index (κ2) is 4.72. The fourth-order valence-corrected chi connectivity index (χ4v) is 2.18. The van der Waals surface area contributed by atoms with Crippen LogP contribution >= 0.6 is 0 Å². The Morgan fingerprint density at radius 1 is 1.12 bits per heavy atom. The number of rotatable bonds is 3. The van der Waals surface area contributed by atoms with Crippen LogP contribution in [0, 0.1) is 19.7 Å². The van der Waals surface area contributed by atoms with E-state index in [9.17, 15) is 4.39 Å². The van der Waals surface area contributed by atoms with Crippen molar-refractivity contribution in [1.29, 1.82) is 0 Å². The standard InChI is InChI=1S/C14H17FN2/c1-10-3-4-11(2)17(10)14-6-5-13(15)9-12(14)7-8-16/h3-6,9H,7-8,16H2,1-2H3. The van der Waals surface area contributed by atoms with Gasteiger partial charge in [-0.1, -0.05) is 0 Å². The summed E-state index contributed by atoms with van der Waals surface area (Å²) in [5.74, 6) is -0.209. The maximum absolute atomic E-state index is 13.3. The highest BCUT2D eigenvalue weighted by Gasteiger charge is 2.09. The van der Waals surface area contributed by atoms with Gasteiger partial charge in [0.25, 0.3) is 0 Å². The molecule has 0 spiro atoms. The minimum Gasteiger partial charge on any atom is -0.330 e. The third kappa shape index (κ3) is 2.24. The van der Waals surface area contributed by atoms with Gasteiger partial charge >= 0.3 is 0 Å². The van der Waals surface area contributed by atoms with E-state index in [1.165, 1.54) is 6.07 Å². The van der Waals surface area contributed by atoms with E-state index in [2.05, 4.69) is 16.7 Å². The third-order valence-electron chi connectivity index (χ3n) is 2.97. The van der Waals surface area contributed by atoms with E-state index in [1.807, 2.05) is 19.9 Å². The van der Waals surface area contributed by atoms with Crippen LogP contribution in [0.2, 0.25) is 0 Å². The Labute approximate surface area is 101 Å². The van der Waals surface area contributed by atoms with E-state index >= 15 is 0 Å². The summed E-state index contributed by atoms with van der Waals surface area (Å²) in [7, 11) is 0. The van der Waals surface area contributed by atoms with Crippen molar-refractivity contribution in [3.8, 4) is 5.69 Å². The number of hydrogen-bond donors (Lipinski definition) is 1. The SMILES string of the molecule is Cc1ccc(C)n1-c1ccc(F)cc1CCN. The molecule has 0 unspecified atom stereocenters. The zero-order valence-corrected chi connectivity index (χ0v) is 10.2. The first-order chi connectivity index (χ1) is 8.13. The fourth-order valence-electron chi connectivity index (χ4n) is 2.18. The fraction of sp³-hybridized carbons (Fsp3) is 0.286. The van der Waals surface area contributed by atoms with E-state index in [1.54, 1.807) is 6.07 Å². The van der Waals surface area contributed by atoms with Gasteiger partial charge in [0.05, 0.1) is 0 Å². The Balaban J connectivity index is 2.58. The summed E-state index contributed by atoms with van der Waals surface area (Å²) in [6.45, 7) is 4.61. The second-order valence-electron chi connectivity index (χ2n) is 4.26. The highest BCUT2D eigenvalue weighted by molar-refractivity contribution is 5.45. The van der Waals surface area contributed by atoms with Gasteiger partial charge in [0.15, 0.2) is 0 Å². The van der Waals surface area contributed by atoms with Crippen molar-refractivity contribution in [2.24, 2.45) is 5.73 Å². The van der Waals surface area contributed by atoms with Gasteiger partial charge in [-0.3, -0.25) is 0 Å². The maximum atomic E-state index is 13.3. The Morgan fingerprint density at radius 2 is 1.76 bits per heavy atom. The summed E-state index contributed by atoms with van der Waals surface area (Å²) >= 11 is 0. The molecule has 0 saturated heterocycles. The van der Waals surface area contributed by atoms with Crippen LogP contribution in [0.25, 0.3) is 5.69 Å². The lowest BCUT2D eigenvalue weighted by molar-refractivity contribution is 0.624. The molecule has 3 heteroatoms. The maximum Gasteiger partial charge on any atom is 0.123 e. The minimum atomic E-state index is -0.209. The van der Waals surface area contributed by atoms with Crippen molar-refractivity contribution in [2.45, 2.75) is 20.3 Å². The number of hydrogen-bond acceptors (Lipinski definition) is 1. The highest BCUT2D eigenvalue weighted by Crippen LogP contribution is 2.21. The third-order valence-corrected chi connectivity index (χ3v) is 2.97. The molecule has 2 N–H and O–H groups in total. The lowest BCUT2D eigenvalue weighted by Crippen LogP contribution is -2.09. The number of aryl methyl sites for hydroxylation is 2. The first-order valence-electron chi connectivity index (χ1n) is 5.77. The van der Waals surface area contributed by atoms with Crippen molar-refractivity contribution in [2.75, 3.05) is 6.54 Å².